The van der Waals surface area contributed by atoms with Crippen molar-refractivity contribution in [2.24, 2.45) is 0 Å². The van der Waals surface area contributed by atoms with Gasteiger partial charge in [0.2, 0.25) is 0 Å². The lowest BCUT2D eigenvalue weighted by molar-refractivity contribution is 0.427. The molecule has 0 aliphatic heterocycles. The molecule has 0 radical (unpaired) electrons. The van der Waals surface area contributed by atoms with Crippen molar-refractivity contribution in [2.45, 2.75) is 0 Å². The molecule has 0 bridgehead atoms. The van der Waals surface area contributed by atoms with Crippen LogP contribution in [0.5, 0.6) is 5.06 Å². The first-order valence-electron chi connectivity index (χ1n) is 4.09. The van der Waals surface area contributed by atoms with Gasteiger partial charge in [-0.05, 0) is 17.7 Å². The van der Waals surface area contributed by atoms with Crippen LogP contribution in [0, 0.1) is 0 Å². The van der Waals surface area contributed by atoms with E-state index in [9.17, 15) is 0 Å². The van der Waals surface area contributed by atoms with Crippen LogP contribution in [0.1, 0.15) is 0 Å². The maximum atomic E-state index is 5.13. The molecule has 0 saturated heterocycles. The van der Waals surface area contributed by atoms with Gasteiger partial charge in [-0.15, -0.1) is 0 Å². The molecule has 1 aromatic heterocycles. The first kappa shape index (κ1) is 8.32. The average Bonchev–Trinajstić information content (AvgIpc) is 2.67. The lowest BCUT2D eigenvalue weighted by atomic mass is 10.2. The third kappa shape index (κ3) is 1.73. The van der Waals surface area contributed by atoms with Crippen molar-refractivity contribution in [2.75, 3.05) is 7.11 Å². The third-order valence-electron chi connectivity index (χ3n) is 1.84. The van der Waals surface area contributed by atoms with E-state index in [0.29, 0.717) is 0 Å². The van der Waals surface area contributed by atoms with Crippen LogP contribution >= 0.6 is 11.3 Å². The number of benzene rings is 1. The molecule has 0 aliphatic rings. The Kier molecular flexibility index (Phi) is 2.32. The molecule has 1 heterocycles. The molecule has 1 nitrogen and oxygen atoms in total. The Morgan fingerprint density at radius 1 is 1.00 bits per heavy atom. The van der Waals surface area contributed by atoms with Gasteiger partial charge in [0.05, 0.1) is 7.11 Å². The predicted molar refractivity (Wildman–Crippen MR) is 56.3 cm³/mol. The summed E-state index contributed by atoms with van der Waals surface area (Å²) >= 11 is 1.66. The maximum Gasteiger partial charge on any atom is 0.173 e. The standard InChI is InChI=1S/C11H10OS/c1-12-11-8-7-10(13-11)9-5-3-2-4-6-9/h2-8H,1H3. The van der Waals surface area contributed by atoms with Crippen LogP contribution in [0.15, 0.2) is 42.5 Å². The van der Waals surface area contributed by atoms with Gasteiger partial charge in [-0.25, -0.2) is 0 Å². The Balaban J connectivity index is 2.36. The molecule has 0 spiro atoms. The molecule has 2 heteroatoms. The van der Waals surface area contributed by atoms with Crippen LogP contribution in [0.3, 0.4) is 0 Å². The van der Waals surface area contributed by atoms with E-state index in [2.05, 4.69) is 18.2 Å². The highest BCUT2D eigenvalue weighted by Gasteiger charge is 2.00. The highest BCUT2D eigenvalue weighted by atomic mass is 32.1. The van der Waals surface area contributed by atoms with E-state index in [1.54, 1.807) is 18.4 Å². The molecule has 0 N–H and O–H groups in total. The van der Waals surface area contributed by atoms with Crippen molar-refractivity contribution in [1.29, 1.82) is 0 Å². The Morgan fingerprint density at radius 2 is 1.77 bits per heavy atom. The van der Waals surface area contributed by atoms with E-state index in [-0.39, 0.29) is 0 Å². The van der Waals surface area contributed by atoms with E-state index < -0.39 is 0 Å². The summed E-state index contributed by atoms with van der Waals surface area (Å²) in [6, 6.07) is 14.4. The zero-order valence-corrected chi connectivity index (χ0v) is 8.17. The topological polar surface area (TPSA) is 9.23 Å². The van der Waals surface area contributed by atoms with Gasteiger partial charge in [-0.1, -0.05) is 41.7 Å². The minimum Gasteiger partial charge on any atom is -0.487 e. The minimum atomic E-state index is 0.957. The van der Waals surface area contributed by atoms with Crippen LogP contribution in [0.2, 0.25) is 0 Å². The lowest BCUT2D eigenvalue weighted by Crippen LogP contribution is -1.73. The summed E-state index contributed by atoms with van der Waals surface area (Å²) in [5.74, 6) is 0. The Bertz CT molecular complexity index is 378. The van der Waals surface area contributed by atoms with Gasteiger partial charge in [0.1, 0.15) is 0 Å². The molecule has 2 aromatic rings. The molecule has 0 atom stereocenters. The maximum absolute atomic E-state index is 5.13. The summed E-state index contributed by atoms with van der Waals surface area (Å²) in [7, 11) is 1.70. The summed E-state index contributed by atoms with van der Waals surface area (Å²) in [6.07, 6.45) is 0. The number of hydrogen-bond acceptors (Lipinski definition) is 2. The van der Waals surface area contributed by atoms with Gasteiger partial charge in [0, 0.05) is 4.88 Å². The zero-order valence-electron chi connectivity index (χ0n) is 7.36. The zero-order chi connectivity index (χ0) is 9.10. The van der Waals surface area contributed by atoms with Crippen molar-refractivity contribution < 1.29 is 4.74 Å². The molecule has 0 aliphatic carbocycles. The molecule has 13 heavy (non-hydrogen) atoms. The van der Waals surface area contributed by atoms with E-state index in [0.717, 1.165) is 5.06 Å². The predicted octanol–water partition coefficient (Wildman–Crippen LogP) is 3.42. The van der Waals surface area contributed by atoms with E-state index in [1.807, 2.05) is 24.3 Å². The first-order chi connectivity index (χ1) is 6.40. The molecule has 0 amide bonds. The van der Waals surface area contributed by atoms with Crippen molar-refractivity contribution in [1.82, 2.24) is 0 Å². The van der Waals surface area contributed by atoms with Gasteiger partial charge in [0.15, 0.2) is 5.06 Å². The normalized spacial score (nSPS) is 9.92. The van der Waals surface area contributed by atoms with Crippen LogP contribution in [-0.4, -0.2) is 7.11 Å². The molecule has 0 fully saturated rings. The van der Waals surface area contributed by atoms with Crippen LogP contribution in [0.4, 0.5) is 0 Å². The smallest absolute Gasteiger partial charge is 0.173 e. The number of methoxy groups -OCH3 is 1. The van der Waals surface area contributed by atoms with E-state index >= 15 is 0 Å². The number of thiophene rings is 1. The van der Waals surface area contributed by atoms with Gasteiger partial charge in [0.25, 0.3) is 0 Å². The van der Waals surface area contributed by atoms with Crippen molar-refractivity contribution in [3.05, 3.63) is 42.5 Å². The van der Waals surface area contributed by atoms with Gasteiger partial charge >= 0.3 is 0 Å². The van der Waals surface area contributed by atoms with Crippen molar-refractivity contribution >= 4 is 11.3 Å². The number of ether oxygens (including phenoxy) is 1. The fourth-order valence-corrected chi connectivity index (χ4v) is 2.01. The summed E-state index contributed by atoms with van der Waals surface area (Å²) in [6.45, 7) is 0. The Labute approximate surface area is 81.6 Å². The molecule has 2 rings (SSSR count). The average molecular weight is 190 g/mol. The van der Waals surface area contributed by atoms with Crippen molar-refractivity contribution in [3.8, 4) is 15.5 Å². The van der Waals surface area contributed by atoms with Crippen LogP contribution in [-0.2, 0) is 0 Å². The van der Waals surface area contributed by atoms with E-state index in [4.69, 9.17) is 4.74 Å². The van der Waals surface area contributed by atoms with E-state index in [1.165, 1.54) is 10.4 Å². The monoisotopic (exact) mass is 190 g/mol. The molecule has 66 valence electrons. The minimum absolute atomic E-state index is 0.957. The highest BCUT2D eigenvalue weighted by molar-refractivity contribution is 7.17. The largest absolute Gasteiger partial charge is 0.487 e. The van der Waals surface area contributed by atoms with Crippen molar-refractivity contribution in [3.63, 3.8) is 0 Å². The van der Waals surface area contributed by atoms with Gasteiger partial charge in [-0.3, -0.25) is 0 Å². The Hall–Kier alpha value is -1.28. The van der Waals surface area contributed by atoms with Crippen LogP contribution in [0.25, 0.3) is 10.4 Å². The fraction of sp³-hybridized carbons (Fsp3) is 0.0909. The molecule has 0 unspecified atom stereocenters. The summed E-state index contributed by atoms with van der Waals surface area (Å²) in [5.41, 5.74) is 1.25. The second-order valence-corrected chi connectivity index (χ2v) is 3.74. The quantitative estimate of drug-likeness (QED) is 0.705. The number of rotatable bonds is 2. The van der Waals surface area contributed by atoms with Gasteiger partial charge < -0.3 is 4.74 Å². The molecular formula is C11H10OS. The second-order valence-electron chi connectivity index (χ2n) is 2.69. The summed E-state index contributed by atoms with van der Waals surface area (Å²) in [4.78, 5) is 1.25. The molecule has 0 saturated carbocycles. The molecule has 1 aromatic carbocycles. The summed E-state index contributed by atoms with van der Waals surface area (Å²) < 4.78 is 5.13. The second kappa shape index (κ2) is 3.62. The molecular weight excluding hydrogens is 180 g/mol. The SMILES string of the molecule is COc1ccc(-c2ccccc2)s1. The highest BCUT2D eigenvalue weighted by Crippen LogP contribution is 2.32. The summed E-state index contributed by atoms with van der Waals surface area (Å²) in [5, 5.41) is 0.957. The third-order valence-corrected chi connectivity index (χ3v) is 2.94. The Morgan fingerprint density at radius 3 is 2.38 bits per heavy atom. The first-order valence-corrected chi connectivity index (χ1v) is 4.91. The fourth-order valence-electron chi connectivity index (χ4n) is 1.19. The van der Waals surface area contributed by atoms with Crippen LogP contribution < -0.4 is 4.74 Å². The number of hydrogen-bond donors (Lipinski definition) is 0. The lowest BCUT2D eigenvalue weighted by Gasteiger charge is -1.94. The van der Waals surface area contributed by atoms with Gasteiger partial charge in [-0.2, -0.15) is 0 Å².